The molecule has 1 fully saturated rings. The molecule has 1 rings (SSSR count). The highest BCUT2D eigenvalue weighted by atomic mass is 35.7. The predicted molar refractivity (Wildman–Crippen MR) is 47.9 cm³/mol. The molecule has 2 atom stereocenters. The Labute approximate surface area is 81.6 Å². The van der Waals surface area contributed by atoms with Gasteiger partial charge in [0.2, 0.25) is 9.05 Å². The molecule has 4 nitrogen and oxygen atoms in total. The molecule has 0 spiro atoms. The third kappa shape index (κ3) is 2.57. The van der Waals surface area contributed by atoms with Crippen molar-refractivity contribution in [1.29, 1.82) is 0 Å². The first-order chi connectivity index (χ1) is 5.95. The van der Waals surface area contributed by atoms with Gasteiger partial charge >= 0.3 is 5.97 Å². The number of ether oxygens (including phenoxy) is 1. The number of carbonyl (C=O) groups excluding carboxylic acids is 1. The lowest BCUT2D eigenvalue weighted by atomic mass is 10.1. The van der Waals surface area contributed by atoms with Crippen molar-refractivity contribution in [3.63, 3.8) is 0 Å². The third-order valence-electron chi connectivity index (χ3n) is 2.32. The summed E-state index contributed by atoms with van der Waals surface area (Å²) >= 11 is 0. The first kappa shape index (κ1) is 10.8. The molecule has 13 heavy (non-hydrogen) atoms. The van der Waals surface area contributed by atoms with Crippen molar-refractivity contribution >= 4 is 25.7 Å². The van der Waals surface area contributed by atoms with Crippen molar-refractivity contribution < 1.29 is 17.9 Å². The molecular weight excluding hydrogens is 216 g/mol. The summed E-state index contributed by atoms with van der Waals surface area (Å²) in [6.07, 6.45) is 1.29. The minimum Gasteiger partial charge on any atom is -0.469 e. The van der Waals surface area contributed by atoms with Crippen LogP contribution in [0.2, 0.25) is 0 Å². The molecule has 0 N–H and O–H groups in total. The van der Waals surface area contributed by atoms with E-state index in [1.807, 2.05) is 0 Å². The van der Waals surface area contributed by atoms with E-state index in [9.17, 15) is 13.2 Å². The molecule has 0 aromatic carbocycles. The molecule has 1 saturated carbocycles. The standard InChI is InChI=1S/C7H11ClO4S/c1-12-7(9)5-2-3-6(4-5)13(8,10)11/h5-6H,2-4H2,1H3/t5-,6+/m1/s1. The fourth-order valence-electron chi connectivity index (χ4n) is 1.58. The van der Waals surface area contributed by atoms with Gasteiger partial charge < -0.3 is 4.74 Å². The van der Waals surface area contributed by atoms with Crippen LogP contribution < -0.4 is 0 Å². The number of carbonyl (C=O) groups is 1. The van der Waals surface area contributed by atoms with Crippen molar-refractivity contribution in [3.05, 3.63) is 0 Å². The minimum absolute atomic E-state index is 0.290. The number of hydrogen-bond acceptors (Lipinski definition) is 4. The number of halogens is 1. The SMILES string of the molecule is COC(=O)[C@@H]1CC[C@H](S(=O)(=O)Cl)C1. The maximum absolute atomic E-state index is 11.0. The summed E-state index contributed by atoms with van der Waals surface area (Å²) in [5, 5.41) is -0.585. The molecule has 0 bridgehead atoms. The van der Waals surface area contributed by atoms with E-state index in [1.165, 1.54) is 7.11 Å². The fraction of sp³-hybridized carbons (Fsp3) is 0.857. The molecular formula is C7H11ClO4S. The number of hydrogen-bond donors (Lipinski definition) is 0. The van der Waals surface area contributed by atoms with Gasteiger partial charge in [0.1, 0.15) is 0 Å². The zero-order valence-electron chi connectivity index (χ0n) is 7.20. The normalized spacial score (nSPS) is 28.8. The van der Waals surface area contributed by atoms with Crippen molar-refractivity contribution in [2.75, 3.05) is 7.11 Å². The topological polar surface area (TPSA) is 60.4 Å². The summed E-state index contributed by atoms with van der Waals surface area (Å²) in [5.74, 6) is -0.647. The van der Waals surface area contributed by atoms with Gasteiger partial charge in [-0.25, -0.2) is 8.42 Å². The van der Waals surface area contributed by atoms with Gasteiger partial charge in [-0.1, -0.05) is 0 Å². The van der Waals surface area contributed by atoms with Gasteiger partial charge in [0.15, 0.2) is 0 Å². The van der Waals surface area contributed by atoms with Crippen LogP contribution in [-0.4, -0.2) is 26.7 Å². The van der Waals surface area contributed by atoms with Gasteiger partial charge in [-0.2, -0.15) is 0 Å². The average Bonchev–Trinajstić information content (AvgIpc) is 2.50. The average molecular weight is 227 g/mol. The minimum atomic E-state index is -3.51. The van der Waals surface area contributed by atoms with E-state index in [1.54, 1.807) is 0 Å². The van der Waals surface area contributed by atoms with E-state index in [0.717, 1.165) is 0 Å². The van der Waals surface area contributed by atoms with Crippen LogP contribution in [0.5, 0.6) is 0 Å². The summed E-state index contributed by atoms with van der Waals surface area (Å²) in [6.45, 7) is 0. The van der Waals surface area contributed by atoms with Crippen molar-refractivity contribution in [2.24, 2.45) is 5.92 Å². The molecule has 6 heteroatoms. The molecule has 0 unspecified atom stereocenters. The zero-order valence-corrected chi connectivity index (χ0v) is 8.77. The van der Waals surface area contributed by atoms with Crippen LogP contribution in [0.4, 0.5) is 0 Å². The Morgan fingerprint density at radius 1 is 1.46 bits per heavy atom. The van der Waals surface area contributed by atoms with E-state index < -0.39 is 14.3 Å². The van der Waals surface area contributed by atoms with Crippen molar-refractivity contribution in [1.82, 2.24) is 0 Å². The second-order valence-electron chi connectivity index (χ2n) is 3.13. The Morgan fingerprint density at radius 2 is 2.08 bits per heavy atom. The molecule has 76 valence electrons. The van der Waals surface area contributed by atoms with Crippen LogP contribution >= 0.6 is 10.7 Å². The second kappa shape index (κ2) is 3.84. The van der Waals surface area contributed by atoms with Crippen LogP contribution in [0.25, 0.3) is 0 Å². The van der Waals surface area contributed by atoms with Crippen LogP contribution in [0.1, 0.15) is 19.3 Å². The van der Waals surface area contributed by atoms with Crippen LogP contribution in [0.3, 0.4) is 0 Å². The van der Waals surface area contributed by atoms with E-state index >= 15 is 0 Å². The molecule has 1 aliphatic carbocycles. The molecule has 1 aliphatic rings. The first-order valence-electron chi connectivity index (χ1n) is 3.96. The predicted octanol–water partition coefficient (Wildman–Crippen LogP) is 0.897. The molecule has 0 aromatic rings. The van der Waals surface area contributed by atoms with Crippen molar-refractivity contribution in [3.8, 4) is 0 Å². The maximum Gasteiger partial charge on any atom is 0.308 e. The molecule has 0 radical (unpaired) electrons. The quantitative estimate of drug-likeness (QED) is 0.519. The third-order valence-corrected chi connectivity index (χ3v) is 4.30. The highest BCUT2D eigenvalue weighted by molar-refractivity contribution is 8.14. The molecule has 0 heterocycles. The second-order valence-corrected chi connectivity index (χ2v) is 6.04. The Hall–Kier alpha value is -0.290. The Balaban J connectivity index is 2.60. The summed E-state index contributed by atoms with van der Waals surface area (Å²) < 4.78 is 26.3. The largest absolute Gasteiger partial charge is 0.469 e. The van der Waals surface area contributed by atoms with E-state index in [2.05, 4.69) is 4.74 Å². The van der Waals surface area contributed by atoms with E-state index in [-0.39, 0.29) is 11.9 Å². The van der Waals surface area contributed by atoms with Gasteiger partial charge in [-0.3, -0.25) is 4.79 Å². The van der Waals surface area contributed by atoms with Gasteiger partial charge in [-0.05, 0) is 19.3 Å². The van der Waals surface area contributed by atoms with Gasteiger partial charge in [0.05, 0.1) is 18.3 Å². The van der Waals surface area contributed by atoms with E-state index in [4.69, 9.17) is 10.7 Å². The van der Waals surface area contributed by atoms with Gasteiger partial charge in [0, 0.05) is 10.7 Å². The first-order valence-corrected chi connectivity index (χ1v) is 6.33. The Morgan fingerprint density at radius 3 is 2.46 bits per heavy atom. The summed E-state index contributed by atoms with van der Waals surface area (Å²) in [6, 6.07) is 0. The lowest BCUT2D eigenvalue weighted by Gasteiger charge is -2.06. The van der Waals surface area contributed by atoms with Crippen LogP contribution in [0, 0.1) is 5.92 Å². The highest BCUT2D eigenvalue weighted by Crippen LogP contribution is 2.32. The Bertz CT molecular complexity index is 298. The van der Waals surface area contributed by atoms with Crippen LogP contribution in [0.15, 0.2) is 0 Å². The maximum atomic E-state index is 11.0. The lowest BCUT2D eigenvalue weighted by Crippen LogP contribution is -2.16. The highest BCUT2D eigenvalue weighted by Gasteiger charge is 2.36. The lowest BCUT2D eigenvalue weighted by molar-refractivity contribution is -0.145. The fourth-order valence-corrected chi connectivity index (χ4v) is 2.94. The number of methoxy groups -OCH3 is 1. The monoisotopic (exact) mass is 226 g/mol. The Kier molecular flexibility index (Phi) is 3.18. The number of rotatable bonds is 2. The summed E-state index contributed by atoms with van der Waals surface area (Å²) in [7, 11) is 2.96. The molecule has 0 saturated heterocycles. The van der Waals surface area contributed by atoms with Crippen molar-refractivity contribution in [2.45, 2.75) is 24.5 Å². The van der Waals surface area contributed by atoms with Crippen LogP contribution in [-0.2, 0) is 18.6 Å². The molecule has 0 aromatic heterocycles. The van der Waals surface area contributed by atoms with Gasteiger partial charge in [-0.15, -0.1) is 0 Å². The molecule has 0 amide bonds. The summed E-state index contributed by atoms with van der Waals surface area (Å²) in [5.41, 5.74) is 0. The molecule has 0 aliphatic heterocycles. The summed E-state index contributed by atoms with van der Waals surface area (Å²) in [4.78, 5) is 11.0. The smallest absolute Gasteiger partial charge is 0.308 e. The van der Waals surface area contributed by atoms with Gasteiger partial charge in [0.25, 0.3) is 0 Å². The number of esters is 1. The van der Waals surface area contributed by atoms with E-state index in [0.29, 0.717) is 19.3 Å². The zero-order chi connectivity index (χ0) is 10.1.